The second kappa shape index (κ2) is 2.80. The summed E-state index contributed by atoms with van der Waals surface area (Å²) < 4.78 is 34.9. The Kier molecular flexibility index (Phi) is 2.12. The number of carbonyl (C=O) groups excluding carboxylic acids is 1. The van der Waals surface area contributed by atoms with Gasteiger partial charge in [0, 0.05) is 6.04 Å². The van der Waals surface area contributed by atoms with Crippen molar-refractivity contribution in [1.29, 1.82) is 0 Å². The fraction of sp³-hybridized carbons (Fsp3) is 0.571. The van der Waals surface area contributed by atoms with Gasteiger partial charge in [-0.2, -0.15) is 13.2 Å². The molecule has 1 amide bonds. The van der Waals surface area contributed by atoms with Crippen LogP contribution in [-0.2, 0) is 4.79 Å². The van der Waals surface area contributed by atoms with Crippen molar-refractivity contribution in [1.82, 2.24) is 5.32 Å². The predicted octanol–water partition coefficient (Wildman–Crippen LogP) is 1.24. The molecule has 1 aliphatic rings. The summed E-state index contributed by atoms with van der Waals surface area (Å²) in [5.41, 5.74) is 0. The molecule has 0 aromatic heterocycles. The molecule has 0 heterocycles. The van der Waals surface area contributed by atoms with E-state index in [1.807, 2.05) is 5.32 Å². The van der Waals surface area contributed by atoms with Gasteiger partial charge >= 0.3 is 12.1 Å². The quantitative estimate of drug-likeness (QED) is 0.635. The zero-order chi connectivity index (χ0) is 9.35. The Morgan fingerprint density at radius 3 is 2.50 bits per heavy atom. The second-order valence-corrected chi connectivity index (χ2v) is 2.71. The molecule has 1 fully saturated rings. The third kappa shape index (κ3) is 1.99. The van der Waals surface area contributed by atoms with Gasteiger partial charge in [-0.3, -0.25) is 4.79 Å². The summed E-state index contributed by atoms with van der Waals surface area (Å²) in [7, 11) is 0. The van der Waals surface area contributed by atoms with E-state index in [1.54, 1.807) is 6.08 Å². The summed E-state index contributed by atoms with van der Waals surface area (Å²) in [6.07, 6.45) is -2.67. The van der Waals surface area contributed by atoms with Gasteiger partial charge < -0.3 is 5.32 Å². The molecule has 12 heavy (non-hydrogen) atoms. The Labute approximate surface area is 67.4 Å². The average molecular weight is 179 g/mol. The Morgan fingerprint density at radius 2 is 2.17 bits per heavy atom. The highest BCUT2D eigenvalue weighted by atomic mass is 19.4. The molecule has 0 saturated heterocycles. The van der Waals surface area contributed by atoms with Crippen LogP contribution in [0.15, 0.2) is 12.7 Å². The molecule has 2 nitrogen and oxygen atoms in total. The molecule has 0 aromatic rings. The third-order valence-electron chi connectivity index (χ3n) is 1.72. The number of nitrogens with one attached hydrogen (secondary N) is 1. The van der Waals surface area contributed by atoms with Gasteiger partial charge in [-0.15, -0.1) is 6.58 Å². The van der Waals surface area contributed by atoms with Crippen LogP contribution in [0.1, 0.15) is 6.42 Å². The summed E-state index contributed by atoms with van der Waals surface area (Å²) in [4.78, 5) is 10.3. The molecular weight excluding hydrogens is 171 g/mol. The van der Waals surface area contributed by atoms with E-state index in [0.717, 1.165) is 0 Å². The Hall–Kier alpha value is -1.00. The van der Waals surface area contributed by atoms with Crippen molar-refractivity contribution in [3.63, 3.8) is 0 Å². The van der Waals surface area contributed by atoms with Crippen LogP contribution in [-0.4, -0.2) is 18.1 Å². The van der Waals surface area contributed by atoms with E-state index in [1.165, 1.54) is 0 Å². The van der Waals surface area contributed by atoms with Crippen molar-refractivity contribution in [2.24, 2.45) is 5.92 Å². The first-order valence-corrected chi connectivity index (χ1v) is 3.45. The molecule has 0 radical (unpaired) electrons. The maximum atomic E-state index is 11.6. The number of hydrogen-bond donors (Lipinski definition) is 1. The maximum Gasteiger partial charge on any atom is 0.471 e. The highest BCUT2D eigenvalue weighted by Crippen LogP contribution is 2.31. The molecule has 0 aromatic carbocycles. The summed E-state index contributed by atoms with van der Waals surface area (Å²) in [6.45, 7) is 3.41. The number of alkyl halides is 3. The topological polar surface area (TPSA) is 29.1 Å². The fourth-order valence-corrected chi connectivity index (χ4v) is 0.891. The molecule has 5 heteroatoms. The van der Waals surface area contributed by atoms with Gasteiger partial charge in [0.25, 0.3) is 0 Å². The number of rotatable bonds is 2. The summed E-state index contributed by atoms with van der Waals surface area (Å²) in [6, 6.07) is -0.364. The minimum absolute atomic E-state index is 0.0105. The van der Waals surface area contributed by atoms with Gasteiger partial charge in [0.15, 0.2) is 0 Å². The normalized spacial score (nSPS) is 27.9. The lowest BCUT2D eigenvalue weighted by Crippen LogP contribution is -2.38. The summed E-state index contributed by atoms with van der Waals surface area (Å²) in [5, 5.41) is 1.86. The SMILES string of the molecule is C=C[C@@H]1C[C@H]1NC(=O)C(F)(F)F. The number of halogens is 3. The molecule has 1 aliphatic carbocycles. The van der Waals surface area contributed by atoms with Crippen LogP contribution in [0, 0.1) is 5.92 Å². The standard InChI is InChI=1S/C7H8F3NO/c1-2-4-3-5(4)11-6(12)7(8,9)10/h2,4-5H,1,3H2,(H,11,12)/t4-,5-/m1/s1. The van der Waals surface area contributed by atoms with Crippen molar-refractivity contribution in [3.8, 4) is 0 Å². The van der Waals surface area contributed by atoms with Crippen molar-refractivity contribution >= 4 is 5.91 Å². The van der Waals surface area contributed by atoms with Crippen LogP contribution in [0.4, 0.5) is 13.2 Å². The first-order valence-electron chi connectivity index (χ1n) is 3.45. The molecule has 1 N–H and O–H groups in total. The van der Waals surface area contributed by atoms with Gasteiger partial charge in [-0.05, 0) is 12.3 Å². The molecular formula is C7H8F3NO. The Balaban J connectivity index is 2.34. The maximum absolute atomic E-state index is 11.6. The number of amides is 1. The van der Waals surface area contributed by atoms with E-state index in [2.05, 4.69) is 6.58 Å². The lowest BCUT2D eigenvalue weighted by molar-refractivity contribution is -0.173. The molecule has 68 valence electrons. The Morgan fingerprint density at radius 1 is 1.58 bits per heavy atom. The highest BCUT2D eigenvalue weighted by Gasteiger charge is 2.44. The van der Waals surface area contributed by atoms with Crippen LogP contribution in [0.3, 0.4) is 0 Å². The van der Waals surface area contributed by atoms with Crippen LogP contribution in [0.2, 0.25) is 0 Å². The summed E-state index contributed by atoms with van der Waals surface area (Å²) >= 11 is 0. The van der Waals surface area contributed by atoms with Gasteiger partial charge in [-0.25, -0.2) is 0 Å². The Bertz CT molecular complexity index is 211. The molecule has 2 atom stereocenters. The molecule has 1 rings (SSSR count). The van der Waals surface area contributed by atoms with Crippen LogP contribution in [0.25, 0.3) is 0 Å². The largest absolute Gasteiger partial charge is 0.471 e. The lowest BCUT2D eigenvalue weighted by Gasteiger charge is -2.05. The van der Waals surface area contributed by atoms with E-state index in [9.17, 15) is 18.0 Å². The van der Waals surface area contributed by atoms with E-state index >= 15 is 0 Å². The van der Waals surface area contributed by atoms with Gasteiger partial charge in [0.2, 0.25) is 0 Å². The first kappa shape index (κ1) is 9.09. The zero-order valence-corrected chi connectivity index (χ0v) is 6.19. The fourth-order valence-electron chi connectivity index (χ4n) is 0.891. The minimum atomic E-state index is -4.77. The third-order valence-corrected chi connectivity index (χ3v) is 1.72. The molecule has 0 bridgehead atoms. The van der Waals surface area contributed by atoms with Crippen LogP contribution < -0.4 is 5.32 Å². The van der Waals surface area contributed by atoms with Crippen molar-refractivity contribution in [2.45, 2.75) is 18.6 Å². The average Bonchev–Trinajstić information content (AvgIpc) is 2.65. The van der Waals surface area contributed by atoms with E-state index in [-0.39, 0.29) is 12.0 Å². The monoisotopic (exact) mass is 179 g/mol. The molecule has 1 saturated carbocycles. The first-order chi connectivity index (χ1) is 5.45. The van der Waals surface area contributed by atoms with E-state index in [0.29, 0.717) is 6.42 Å². The van der Waals surface area contributed by atoms with Crippen molar-refractivity contribution < 1.29 is 18.0 Å². The van der Waals surface area contributed by atoms with E-state index in [4.69, 9.17) is 0 Å². The highest BCUT2D eigenvalue weighted by molar-refractivity contribution is 5.82. The number of hydrogen-bond acceptors (Lipinski definition) is 1. The second-order valence-electron chi connectivity index (χ2n) is 2.71. The lowest BCUT2D eigenvalue weighted by atomic mass is 10.4. The van der Waals surface area contributed by atoms with Crippen LogP contribution >= 0.6 is 0 Å². The molecule has 0 spiro atoms. The minimum Gasteiger partial charge on any atom is -0.345 e. The van der Waals surface area contributed by atoms with Gasteiger partial charge in [0.1, 0.15) is 0 Å². The predicted molar refractivity (Wildman–Crippen MR) is 36.3 cm³/mol. The number of carbonyl (C=O) groups is 1. The zero-order valence-electron chi connectivity index (χ0n) is 6.19. The van der Waals surface area contributed by atoms with Crippen LogP contribution in [0.5, 0.6) is 0 Å². The summed E-state index contributed by atoms with van der Waals surface area (Å²) in [5.74, 6) is -1.85. The molecule has 0 aliphatic heterocycles. The van der Waals surface area contributed by atoms with Gasteiger partial charge in [0.05, 0.1) is 0 Å². The van der Waals surface area contributed by atoms with Crippen molar-refractivity contribution in [3.05, 3.63) is 12.7 Å². The van der Waals surface area contributed by atoms with E-state index < -0.39 is 12.1 Å². The smallest absolute Gasteiger partial charge is 0.345 e. The van der Waals surface area contributed by atoms with Gasteiger partial charge in [-0.1, -0.05) is 6.08 Å². The van der Waals surface area contributed by atoms with Crippen molar-refractivity contribution in [2.75, 3.05) is 0 Å². The molecule has 0 unspecified atom stereocenters.